The van der Waals surface area contributed by atoms with Gasteiger partial charge in [0.05, 0.1) is 5.92 Å². The number of piperidine rings is 1. The Morgan fingerprint density at radius 3 is 2.52 bits per heavy atom. The Labute approximate surface area is 181 Å². The van der Waals surface area contributed by atoms with Gasteiger partial charge in [0.2, 0.25) is 5.91 Å². The van der Waals surface area contributed by atoms with Crippen molar-refractivity contribution in [2.45, 2.75) is 12.8 Å². The molecule has 0 aliphatic carbocycles. The van der Waals surface area contributed by atoms with Crippen LogP contribution in [-0.2, 0) is 4.79 Å². The van der Waals surface area contributed by atoms with E-state index in [4.69, 9.17) is 0 Å². The Morgan fingerprint density at radius 2 is 1.74 bits per heavy atom. The topological polar surface area (TPSA) is 83.3 Å². The number of anilines is 2. The molecule has 0 radical (unpaired) electrons. The van der Waals surface area contributed by atoms with Gasteiger partial charge in [0.25, 0.3) is 0 Å². The van der Waals surface area contributed by atoms with Gasteiger partial charge in [-0.1, -0.05) is 6.07 Å². The van der Waals surface area contributed by atoms with E-state index in [2.05, 4.69) is 29.9 Å². The average molecular weight is 419 g/mol. The molecule has 0 bridgehead atoms. The molecular formula is C22H26N8O. The molecular weight excluding hydrogens is 392 g/mol. The Bertz CT molecular complexity index is 1000. The molecule has 5 rings (SSSR count). The minimum absolute atomic E-state index is 0.00160. The third-order valence-electron chi connectivity index (χ3n) is 6.04. The van der Waals surface area contributed by atoms with Gasteiger partial charge in [-0.25, -0.2) is 19.6 Å². The lowest BCUT2D eigenvalue weighted by Crippen LogP contribution is -2.52. The van der Waals surface area contributed by atoms with Gasteiger partial charge >= 0.3 is 0 Å². The van der Waals surface area contributed by atoms with Crippen molar-refractivity contribution in [3.8, 4) is 5.82 Å². The summed E-state index contributed by atoms with van der Waals surface area (Å²) >= 11 is 0. The molecule has 2 aliphatic heterocycles. The van der Waals surface area contributed by atoms with Crippen LogP contribution in [0, 0.1) is 5.92 Å². The first kappa shape index (κ1) is 19.5. The zero-order valence-corrected chi connectivity index (χ0v) is 17.4. The van der Waals surface area contributed by atoms with E-state index in [1.807, 2.05) is 47.6 Å². The summed E-state index contributed by atoms with van der Waals surface area (Å²) in [6.07, 6.45) is 8.87. The molecule has 3 aromatic heterocycles. The number of hydrogen-bond acceptors (Lipinski definition) is 7. The third-order valence-corrected chi connectivity index (χ3v) is 6.04. The quantitative estimate of drug-likeness (QED) is 0.637. The monoisotopic (exact) mass is 418 g/mol. The fourth-order valence-electron chi connectivity index (χ4n) is 4.38. The van der Waals surface area contributed by atoms with E-state index in [-0.39, 0.29) is 11.8 Å². The van der Waals surface area contributed by atoms with Crippen molar-refractivity contribution in [3.63, 3.8) is 0 Å². The molecule has 31 heavy (non-hydrogen) atoms. The van der Waals surface area contributed by atoms with Gasteiger partial charge in [-0.05, 0) is 31.0 Å². The van der Waals surface area contributed by atoms with Crippen LogP contribution in [-0.4, -0.2) is 74.8 Å². The summed E-state index contributed by atoms with van der Waals surface area (Å²) in [6, 6.07) is 9.75. The van der Waals surface area contributed by atoms with Crippen LogP contribution in [0.4, 0.5) is 11.6 Å². The van der Waals surface area contributed by atoms with Gasteiger partial charge in [-0.2, -0.15) is 5.10 Å². The summed E-state index contributed by atoms with van der Waals surface area (Å²) in [5, 5.41) is 4.24. The highest BCUT2D eigenvalue weighted by atomic mass is 16.2. The van der Waals surface area contributed by atoms with Gasteiger partial charge < -0.3 is 14.7 Å². The van der Waals surface area contributed by atoms with Crippen molar-refractivity contribution < 1.29 is 4.79 Å². The van der Waals surface area contributed by atoms with Crippen LogP contribution >= 0.6 is 0 Å². The van der Waals surface area contributed by atoms with Crippen molar-refractivity contribution in [2.24, 2.45) is 5.92 Å². The van der Waals surface area contributed by atoms with E-state index in [0.29, 0.717) is 6.54 Å². The van der Waals surface area contributed by atoms with Crippen molar-refractivity contribution in [1.82, 2.24) is 29.6 Å². The first-order valence-corrected chi connectivity index (χ1v) is 10.8. The Hall–Kier alpha value is -3.49. The van der Waals surface area contributed by atoms with Crippen LogP contribution in [0.3, 0.4) is 0 Å². The molecule has 9 heteroatoms. The number of rotatable bonds is 4. The molecule has 0 aromatic carbocycles. The van der Waals surface area contributed by atoms with Gasteiger partial charge in [0.15, 0.2) is 5.82 Å². The number of hydrogen-bond donors (Lipinski definition) is 0. The summed E-state index contributed by atoms with van der Waals surface area (Å²) in [7, 11) is 0. The highest BCUT2D eigenvalue weighted by Gasteiger charge is 2.31. The summed E-state index contributed by atoms with van der Waals surface area (Å²) < 4.78 is 1.72. The predicted octanol–water partition coefficient (Wildman–Crippen LogP) is 1.62. The second kappa shape index (κ2) is 8.71. The minimum Gasteiger partial charge on any atom is -0.356 e. The lowest BCUT2D eigenvalue weighted by Gasteiger charge is -2.39. The Morgan fingerprint density at radius 1 is 0.871 bits per heavy atom. The van der Waals surface area contributed by atoms with Crippen molar-refractivity contribution >= 4 is 17.5 Å². The van der Waals surface area contributed by atoms with E-state index < -0.39 is 0 Å². The van der Waals surface area contributed by atoms with Gasteiger partial charge in [0, 0.05) is 63.9 Å². The molecule has 5 heterocycles. The summed E-state index contributed by atoms with van der Waals surface area (Å²) in [4.78, 5) is 32.9. The van der Waals surface area contributed by atoms with Gasteiger partial charge in [-0.15, -0.1) is 0 Å². The molecule has 0 N–H and O–H groups in total. The zero-order valence-electron chi connectivity index (χ0n) is 17.4. The number of carbonyl (C=O) groups is 1. The molecule has 3 aromatic rings. The number of pyridine rings is 1. The maximum atomic E-state index is 13.2. The van der Waals surface area contributed by atoms with Gasteiger partial charge in [-0.3, -0.25) is 4.79 Å². The van der Waals surface area contributed by atoms with E-state index in [9.17, 15) is 4.79 Å². The summed E-state index contributed by atoms with van der Waals surface area (Å²) in [5.41, 5.74) is 0. The molecule has 9 nitrogen and oxygen atoms in total. The maximum Gasteiger partial charge on any atom is 0.227 e. The smallest absolute Gasteiger partial charge is 0.227 e. The summed E-state index contributed by atoms with van der Waals surface area (Å²) in [6.45, 7) is 4.70. The van der Waals surface area contributed by atoms with Crippen molar-refractivity contribution in [1.29, 1.82) is 0 Å². The lowest BCUT2D eigenvalue weighted by molar-refractivity contribution is -0.136. The minimum atomic E-state index is -0.00160. The number of amides is 1. The molecule has 2 fully saturated rings. The first-order chi connectivity index (χ1) is 15.3. The second-order valence-corrected chi connectivity index (χ2v) is 7.97. The summed E-state index contributed by atoms with van der Waals surface area (Å²) in [5.74, 6) is 2.81. The van der Waals surface area contributed by atoms with Crippen molar-refractivity contribution in [3.05, 3.63) is 55.2 Å². The molecule has 0 spiro atoms. The highest BCUT2D eigenvalue weighted by molar-refractivity contribution is 5.80. The van der Waals surface area contributed by atoms with E-state index in [1.54, 1.807) is 17.2 Å². The fraction of sp³-hybridized carbons (Fsp3) is 0.409. The van der Waals surface area contributed by atoms with Crippen LogP contribution in [0.25, 0.3) is 5.82 Å². The Kier molecular flexibility index (Phi) is 5.47. The number of nitrogens with zero attached hydrogens (tertiary/aromatic N) is 8. The molecule has 1 unspecified atom stereocenters. The van der Waals surface area contributed by atoms with Crippen LogP contribution in [0.1, 0.15) is 12.8 Å². The molecule has 2 aliphatic rings. The van der Waals surface area contributed by atoms with Crippen LogP contribution in [0.5, 0.6) is 0 Å². The third kappa shape index (κ3) is 4.21. The van der Waals surface area contributed by atoms with Crippen LogP contribution in [0.2, 0.25) is 0 Å². The average Bonchev–Trinajstić information content (AvgIpc) is 3.40. The highest BCUT2D eigenvalue weighted by Crippen LogP contribution is 2.24. The molecule has 0 saturated carbocycles. The normalized spacial score (nSPS) is 19.5. The fourth-order valence-corrected chi connectivity index (χ4v) is 4.38. The SMILES string of the molecule is O=C(C1CCCN(c2cc(-n3cccn3)ncn2)C1)N1CCN(c2ccccn2)CC1. The van der Waals surface area contributed by atoms with Crippen LogP contribution in [0.15, 0.2) is 55.2 Å². The van der Waals surface area contributed by atoms with E-state index in [0.717, 1.165) is 63.0 Å². The number of carbonyl (C=O) groups excluding carboxylic acids is 1. The number of piperazine rings is 1. The lowest BCUT2D eigenvalue weighted by atomic mass is 9.96. The largest absolute Gasteiger partial charge is 0.356 e. The van der Waals surface area contributed by atoms with Crippen LogP contribution < -0.4 is 9.80 Å². The Balaban J connectivity index is 1.22. The molecule has 1 amide bonds. The zero-order chi connectivity index (χ0) is 21.0. The van der Waals surface area contributed by atoms with E-state index >= 15 is 0 Å². The molecule has 2 saturated heterocycles. The first-order valence-electron chi connectivity index (χ1n) is 10.8. The molecule has 160 valence electrons. The number of aromatic nitrogens is 5. The molecule has 1 atom stereocenters. The van der Waals surface area contributed by atoms with Gasteiger partial charge in [0.1, 0.15) is 18.0 Å². The predicted molar refractivity (Wildman–Crippen MR) is 117 cm³/mol. The van der Waals surface area contributed by atoms with E-state index in [1.165, 1.54) is 0 Å². The standard InChI is InChI=1S/C22H26N8O/c31-22(28-13-11-27(12-14-28)19-6-1-2-7-23-19)18-5-3-9-29(16-18)20-15-21(25-17-24-20)30-10-4-8-26-30/h1-2,4,6-8,10,15,17-18H,3,5,9,11-14,16H2. The maximum absolute atomic E-state index is 13.2. The van der Waals surface area contributed by atoms with Crippen molar-refractivity contribution in [2.75, 3.05) is 49.1 Å². The second-order valence-electron chi connectivity index (χ2n) is 7.97.